The lowest BCUT2D eigenvalue weighted by Gasteiger charge is -2.14. The maximum atomic E-state index is 12.4. The van der Waals surface area contributed by atoms with Crippen LogP contribution in [0.4, 0.5) is 0 Å². The van der Waals surface area contributed by atoms with E-state index in [9.17, 15) is 13.2 Å². The van der Waals surface area contributed by atoms with Crippen molar-refractivity contribution in [2.24, 2.45) is 11.8 Å². The summed E-state index contributed by atoms with van der Waals surface area (Å²) in [6.45, 7) is 3.90. The Morgan fingerprint density at radius 3 is 2.58 bits per heavy atom. The number of thiophene rings is 1. The van der Waals surface area contributed by atoms with Gasteiger partial charge in [-0.15, -0.1) is 11.3 Å². The molecule has 106 valence electrons. The summed E-state index contributed by atoms with van der Waals surface area (Å²) in [5, 5.41) is 9.06. The van der Waals surface area contributed by atoms with E-state index in [1.54, 1.807) is 13.0 Å². The molecule has 2 atom stereocenters. The Morgan fingerprint density at radius 1 is 1.53 bits per heavy atom. The van der Waals surface area contributed by atoms with Crippen molar-refractivity contribution in [2.75, 3.05) is 13.1 Å². The number of hydrogen-bond acceptors (Lipinski definition) is 4. The molecule has 2 rings (SSSR count). The predicted octanol–water partition coefficient (Wildman–Crippen LogP) is 2.16. The summed E-state index contributed by atoms with van der Waals surface area (Å²) in [7, 11) is -3.58. The van der Waals surface area contributed by atoms with Gasteiger partial charge in [-0.2, -0.15) is 4.31 Å². The van der Waals surface area contributed by atoms with Crippen LogP contribution in [0.15, 0.2) is 14.1 Å². The fraction of sp³-hybridized carbons (Fsp3) is 0.545. The van der Waals surface area contributed by atoms with Crippen molar-refractivity contribution in [2.45, 2.75) is 18.1 Å². The second-order valence-electron chi connectivity index (χ2n) is 4.77. The van der Waals surface area contributed by atoms with Gasteiger partial charge in [-0.1, -0.05) is 6.92 Å². The van der Waals surface area contributed by atoms with Crippen molar-refractivity contribution in [3.8, 4) is 0 Å². The molecule has 1 aromatic rings. The van der Waals surface area contributed by atoms with Gasteiger partial charge in [-0.05, 0) is 40.4 Å². The van der Waals surface area contributed by atoms with Crippen LogP contribution in [0.2, 0.25) is 0 Å². The average molecular weight is 368 g/mol. The minimum absolute atomic E-state index is 0.0490. The number of hydrogen-bond donors (Lipinski definition) is 1. The molecule has 1 fully saturated rings. The lowest BCUT2D eigenvalue weighted by Crippen LogP contribution is -2.29. The zero-order valence-electron chi connectivity index (χ0n) is 10.5. The summed E-state index contributed by atoms with van der Waals surface area (Å²) < 4.78 is 27.2. The van der Waals surface area contributed by atoms with E-state index in [0.29, 0.717) is 0 Å². The molecule has 1 aromatic heterocycles. The first-order valence-electron chi connectivity index (χ1n) is 5.72. The van der Waals surface area contributed by atoms with E-state index in [4.69, 9.17) is 5.11 Å². The Hall–Kier alpha value is -0.440. The smallest absolute Gasteiger partial charge is 0.308 e. The number of carbonyl (C=O) groups is 1. The van der Waals surface area contributed by atoms with Gasteiger partial charge >= 0.3 is 5.97 Å². The van der Waals surface area contributed by atoms with Crippen molar-refractivity contribution in [1.82, 2.24) is 4.31 Å². The van der Waals surface area contributed by atoms with Gasteiger partial charge in [0.1, 0.15) is 4.21 Å². The van der Waals surface area contributed by atoms with Gasteiger partial charge in [0.25, 0.3) is 10.0 Å². The van der Waals surface area contributed by atoms with Crippen LogP contribution in [0.3, 0.4) is 0 Å². The van der Waals surface area contributed by atoms with Crippen LogP contribution < -0.4 is 0 Å². The largest absolute Gasteiger partial charge is 0.481 e. The summed E-state index contributed by atoms with van der Waals surface area (Å²) in [4.78, 5) is 11.1. The quantitative estimate of drug-likeness (QED) is 0.887. The fourth-order valence-electron chi connectivity index (χ4n) is 2.13. The Labute approximate surface area is 124 Å². The normalized spacial score (nSPS) is 24.8. The first kappa shape index (κ1) is 15.0. The van der Waals surface area contributed by atoms with Gasteiger partial charge in [0, 0.05) is 13.1 Å². The molecule has 2 heterocycles. The van der Waals surface area contributed by atoms with E-state index in [1.165, 1.54) is 4.31 Å². The molecule has 0 radical (unpaired) electrons. The molecule has 0 aromatic carbocycles. The molecule has 19 heavy (non-hydrogen) atoms. The fourth-order valence-corrected chi connectivity index (χ4v) is 6.07. The molecule has 5 nitrogen and oxygen atoms in total. The lowest BCUT2D eigenvalue weighted by molar-refractivity contribution is -0.142. The highest BCUT2D eigenvalue weighted by atomic mass is 79.9. The molecule has 0 saturated carbocycles. The number of halogens is 1. The predicted molar refractivity (Wildman–Crippen MR) is 75.8 cm³/mol. The minimum Gasteiger partial charge on any atom is -0.481 e. The summed E-state index contributed by atoms with van der Waals surface area (Å²) in [6.07, 6.45) is 0. The average Bonchev–Trinajstić information content (AvgIpc) is 2.84. The third-order valence-corrected chi connectivity index (χ3v) is 7.74. The lowest BCUT2D eigenvalue weighted by atomic mass is 9.99. The summed E-state index contributed by atoms with van der Waals surface area (Å²) >= 11 is 4.46. The van der Waals surface area contributed by atoms with Crippen LogP contribution in [-0.2, 0) is 14.8 Å². The first-order valence-corrected chi connectivity index (χ1v) is 8.77. The van der Waals surface area contributed by atoms with Crippen molar-refractivity contribution in [1.29, 1.82) is 0 Å². The summed E-state index contributed by atoms with van der Waals surface area (Å²) in [6, 6.07) is 1.61. The second-order valence-corrected chi connectivity index (χ2v) is 9.30. The highest BCUT2D eigenvalue weighted by molar-refractivity contribution is 9.11. The molecule has 0 aliphatic carbocycles. The maximum absolute atomic E-state index is 12.4. The number of aliphatic carboxylic acids is 1. The van der Waals surface area contributed by atoms with E-state index >= 15 is 0 Å². The number of sulfonamides is 1. The van der Waals surface area contributed by atoms with Crippen molar-refractivity contribution < 1.29 is 18.3 Å². The van der Waals surface area contributed by atoms with E-state index < -0.39 is 21.9 Å². The Morgan fingerprint density at radius 2 is 2.16 bits per heavy atom. The molecule has 0 amide bonds. The van der Waals surface area contributed by atoms with Crippen LogP contribution in [0.5, 0.6) is 0 Å². The van der Waals surface area contributed by atoms with E-state index in [2.05, 4.69) is 15.9 Å². The summed E-state index contributed by atoms with van der Waals surface area (Å²) in [5.41, 5.74) is 0.866. The second kappa shape index (κ2) is 5.16. The van der Waals surface area contributed by atoms with Gasteiger partial charge < -0.3 is 5.11 Å². The monoisotopic (exact) mass is 367 g/mol. The number of carboxylic acids is 1. The molecule has 1 saturated heterocycles. The molecule has 1 aliphatic heterocycles. The molecule has 1 N–H and O–H groups in total. The van der Waals surface area contributed by atoms with Crippen LogP contribution >= 0.6 is 27.3 Å². The van der Waals surface area contributed by atoms with Crippen LogP contribution in [0.1, 0.15) is 12.5 Å². The molecule has 8 heteroatoms. The van der Waals surface area contributed by atoms with Gasteiger partial charge in [0.05, 0.1) is 9.70 Å². The Kier molecular flexibility index (Phi) is 4.06. The highest BCUT2D eigenvalue weighted by Gasteiger charge is 2.41. The van der Waals surface area contributed by atoms with Gasteiger partial charge in [-0.3, -0.25) is 4.79 Å². The number of aryl methyl sites for hydroxylation is 1. The Bertz CT molecular complexity index is 591. The van der Waals surface area contributed by atoms with Crippen molar-refractivity contribution in [3.05, 3.63) is 15.4 Å². The van der Waals surface area contributed by atoms with Crippen LogP contribution in [0, 0.1) is 18.8 Å². The first-order chi connectivity index (χ1) is 8.73. The summed E-state index contributed by atoms with van der Waals surface area (Å²) in [5.74, 6) is -1.73. The third kappa shape index (κ3) is 2.72. The molecule has 0 spiro atoms. The molecule has 0 bridgehead atoms. The zero-order valence-corrected chi connectivity index (χ0v) is 13.7. The van der Waals surface area contributed by atoms with E-state index in [0.717, 1.165) is 20.7 Å². The van der Waals surface area contributed by atoms with E-state index in [-0.39, 0.29) is 23.2 Å². The van der Waals surface area contributed by atoms with Gasteiger partial charge in [0.2, 0.25) is 0 Å². The highest BCUT2D eigenvalue weighted by Crippen LogP contribution is 2.35. The van der Waals surface area contributed by atoms with Gasteiger partial charge in [0.15, 0.2) is 0 Å². The zero-order chi connectivity index (χ0) is 14.4. The van der Waals surface area contributed by atoms with Gasteiger partial charge in [-0.25, -0.2) is 8.42 Å². The number of rotatable bonds is 3. The SMILES string of the molecule is Cc1cc(S(=O)(=O)N2CC(C)C(C(=O)O)C2)sc1Br. The number of nitrogens with zero attached hydrogens (tertiary/aromatic N) is 1. The minimum atomic E-state index is -3.58. The van der Waals surface area contributed by atoms with Crippen LogP contribution in [-0.4, -0.2) is 36.9 Å². The topological polar surface area (TPSA) is 74.7 Å². The van der Waals surface area contributed by atoms with Crippen molar-refractivity contribution in [3.63, 3.8) is 0 Å². The molecule has 1 aliphatic rings. The molecular weight excluding hydrogens is 354 g/mol. The maximum Gasteiger partial charge on any atom is 0.308 e. The van der Waals surface area contributed by atoms with Crippen molar-refractivity contribution >= 4 is 43.3 Å². The number of carboxylic acid groups (broad SMARTS) is 1. The Balaban J connectivity index is 2.29. The third-order valence-electron chi connectivity index (χ3n) is 3.32. The van der Waals surface area contributed by atoms with E-state index in [1.807, 2.05) is 6.92 Å². The molecular formula is C11H14BrNO4S2. The van der Waals surface area contributed by atoms with Crippen LogP contribution in [0.25, 0.3) is 0 Å². The molecule has 2 unspecified atom stereocenters. The standard InChI is InChI=1S/C11H14BrNO4S2/c1-6-3-9(18-10(6)12)19(16,17)13-4-7(2)8(5-13)11(14)15/h3,7-8H,4-5H2,1-2H3,(H,14,15).